The average Bonchev–Trinajstić information content (AvgIpc) is 1.13. The number of hydrogen-bond acceptors (Lipinski definition) is 22. The first-order valence-electron chi connectivity index (χ1n) is 31.2. The molecule has 11 amide bonds. The van der Waals surface area contributed by atoms with Crippen LogP contribution >= 0.6 is 11.8 Å². The minimum Gasteiger partial charge on any atom is -0.508 e. The zero-order chi connectivity index (χ0) is 74.2. The molecule has 3 aromatic rings. The number of nitrogens with one attached hydrogen (secondary N) is 12. The van der Waals surface area contributed by atoms with E-state index in [1.807, 2.05) is 0 Å². The number of imidazole rings is 1. The summed E-state index contributed by atoms with van der Waals surface area (Å²) in [6.45, 7) is 4.15. The topological polar surface area (TPSA) is 615 Å². The summed E-state index contributed by atoms with van der Waals surface area (Å²) in [5.74, 6) is -15.4. The van der Waals surface area contributed by atoms with Gasteiger partial charge in [0, 0.05) is 37.7 Å². The maximum absolute atomic E-state index is 14.3. The third-order valence-electron chi connectivity index (χ3n) is 14.9. The summed E-state index contributed by atoms with van der Waals surface area (Å²) in [5.41, 5.74) is 18.3. The number of aromatic hydroxyl groups is 2. The van der Waals surface area contributed by atoms with Crippen LogP contribution < -0.4 is 75.7 Å². The first-order valence-corrected chi connectivity index (χ1v) is 32.6. The minimum atomic E-state index is -1.96. The summed E-state index contributed by atoms with van der Waals surface area (Å²) < 4.78 is 0. The number of carbonyl (C=O) groups is 13. The maximum Gasteiger partial charge on any atom is 0.326 e. The van der Waals surface area contributed by atoms with E-state index in [4.69, 9.17) is 17.2 Å². The van der Waals surface area contributed by atoms with Crippen molar-refractivity contribution in [2.75, 3.05) is 31.8 Å². The molecule has 25 N–H and O–H groups in total. The molecule has 1 aromatic heterocycles. The number of hydrogen-bond donors (Lipinski definition) is 22. The number of carboxylic acids is 2. The van der Waals surface area contributed by atoms with E-state index in [-0.39, 0.29) is 56.1 Å². The lowest BCUT2D eigenvalue weighted by Gasteiger charge is -2.28. The summed E-state index contributed by atoms with van der Waals surface area (Å²) >= 11 is 1.33. The number of aliphatic hydroxyl groups is 3. The molecular weight excluding hydrogens is 1320 g/mol. The van der Waals surface area contributed by atoms with Crippen LogP contribution in [0.3, 0.4) is 0 Å². The Morgan fingerprint density at radius 1 is 0.515 bits per heavy atom. The number of nitrogens with zero attached hydrogens (tertiary/aromatic N) is 2. The minimum absolute atomic E-state index is 0.00514. The lowest BCUT2D eigenvalue weighted by Crippen LogP contribution is -2.62. The summed E-state index contributed by atoms with van der Waals surface area (Å²) in [6, 6.07) is -7.87. The van der Waals surface area contributed by atoms with Crippen LogP contribution in [0.2, 0.25) is 0 Å². The monoisotopic (exact) mass is 1410 g/mol. The van der Waals surface area contributed by atoms with Crippen LogP contribution in [0.5, 0.6) is 11.5 Å². The molecule has 0 spiro atoms. The number of aliphatic hydroxyl groups excluding tert-OH is 3. The Balaban J connectivity index is 1.80. The maximum atomic E-state index is 14.3. The van der Waals surface area contributed by atoms with Crippen molar-refractivity contribution in [1.29, 1.82) is 0 Å². The number of rotatable bonds is 43. The number of carbonyl (C=O) groups excluding carboxylic acids is 11. The van der Waals surface area contributed by atoms with Gasteiger partial charge in [-0.25, -0.2) is 9.78 Å². The predicted octanol–water partition coefficient (Wildman–Crippen LogP) is -6.67. The number of guanidine groups is 1. The lowest BCUT2D eigenvalue weighted by molar-refractivity contribution is -0.142. The van der Waals surface area contributed by atoms with Crippen molar-refractivity contribution in [3.8, 4) is 11.5 Å². The van der Waals surface area contributed by atoms with Crippen molar-refractivity contribution in [1.82, 2.24) is 68.5 Å². The van der Waals surface area contributed by atoms with E-state index in [2.05, 4.69) is 73.4 Å². The first kappa shape index (κ1) is 83.0. The van der Waals surface area contributed by atoms with E-state index in [0.717, 1.165) is 13.8 Å². The highest BCUT2D eigenvalue weighted by molar-refractivity contribution is 7.98. The number of aromatic amines is 1. The van der Waals surface area contributed by atoms with Crippen LogP contribution in [0.1, 0.15) is 83.5 Å². The number of nitrogens with two attached hydrogens (primary N) is 3. The first-order chi connectivity index (χ1) is 46.7. The number of thioether (sulfide) groups is 1. The van der Waals surface area contributed by atoms with Gasteiger partial charge in [0.15, 0.2) is 5.96 Å². The van der Waals surface area contributed by atoms with Gasteiger partial charge in [0.05, 0.1) is 31.7 Å². The molecule has 2 aromatic carbocycles. The van der Waals surface area contributed by atoms with E-state index in [0.29, 0.717) is 22.6 Å². The quantitative estimate of drug-likeness (QED) is 0.0142. The summed E-state index contributed by atoms with van der Waals surface area (Å²) in [5, 5.41) is 96.4. The smallest absolute Gasteiger partial charge is 0.326 e. The van der Waals surface area contributed by atoms with Crippen molar-refractivity contribution in [3.63, 3.8) is 0 Å². The Bertz CT molecular complexity index is 3250. The molecule has 0 aliphatic rings. The largest absolute Gasteiger partial charge is 0.508 e. The van der Waals surface area contributed by atoms with E-state index >= 15 is 0 Å². The highest BCUT2D eigenvalue weighted by Gasteiger charge is 2.37. The Morgan fingerprint density at radius 2 is 0.939 bits per heavy atom. The number of amides is 11. The highest BCUT2D eigenvalue weighted by Crippen LogP contribution is 2.15. The molecule has 37 nitrogen and oxygen atoms in total. The number of aliphatic carboxylic acids is 2. The summed E-state index contributed by atoms with van der Waals surface area (Å²) in [6.07, 6.45) is 0.669. The number of aromatic nitrogens is 2. The Hall–Kier alpha value is -10.2. The van der Waals surface area contributed by atoms with Crippen LogP contribution in [-0.2, 0) is 81.6 Å². The second-order valence-corrected chi connectivity index (χ2v) is 24.3. The van der Waals surface area contributed by atoms with Crippen LogP contribution in [0.15, 0.2) is 66.0 Å². The van der Waals surface area contributed by atoms with Crippen LogP contribution in [0, 0.1) is 5.92 Å². The molecule has 0 aliphatic heterocycles. The van der Waals surface area contributed by atoms with Gasteiger partial charge in [0.2, 0.25) is 65.0 Å². The molecule has 0 radical (unpaired) electrons. The molecule has 13 atom stereocenters. The average molecular weight is 1410 g/mol. The van der Waals surface area contributed by atoms with Crippen molar-refractivity contribution >= 4 is 94.6 Å². The van der Waals surface area contributed by atoms with E-state index in [1.165, 1.54) is 81.5 Å². The Labute approximate surface area is 573 Å². The zero-order valence-electron chi connectivity index (χ0n) is 55.3. The van der Waals surface area contributed by atoms with Gasteiger partial charge in [0.1, 0.15) is 78.0 Å². The van der Waals surface area contributed by atoms with Crippen molar-refractivity contribution in [3.05, 3.63) is 77.9 Å². The molecule has 1 heterocycles. The van der Waals surface area contributed by atoms with Gasteiger partial charge in [-0.1, -0.05) is 38.1 Å². The van der Waals surface area contributed by atoms with Gasteiger partial charge < -0.3 is 116 Å². The van der Waals surface area contributed by atoms with E-state index in [9.17, 15) is 98.1 Å². The number of benzene rings is 2. The Kier molecular flexibility index (Phi) is 35.1. The molecule has 3 rings (SSSR count). The van der Waals surface area contributed by atoms with Gasteiger partial charge >= 0.3 is 11.9 Å². The standard InChI is InChI=1S/C61H91N17O20S/c1-29(2)47(77-57(94)45(27-80)75-50(87)31(4)69-59(96)48(32(5)81)78-55(92)43(24-35-25-65-28-67-35)73-51(88)38(62)22-33-9-13-36(82)14-10-33)58(95)74-42(23-34-11-15-37(83)16-12-34)54(91)76-44(26-79)56(93)71-40(17-18-46(84)85)53(90)70-39(8-7-20-66-61(63)64)52(89)68-30(3)49(86)72-41(60(97)98)19-21-99-6/h9-16,25,28-32,38-45,47-48,79-83H,7-8,17-24,26-27,62H2,1-6H3,(H,65,67)(H,68,89)(H,69,96)(H,70,90)(H,71,93)(H,72,86)(H,73,88)(H,74,95)(H,75,87)(H,76,91)(H,77,94)(H,78,92)(H,84,85)(H,97,98)(H4,63,64,66). The normalized spacial score (nSPS) is 15.0. The molecule has 0 fully saturated rings. The third kappa shape index (κ3) is 29.2. The molecule has 0 bridgehead atoms. The number of aliphatic imine (C=N–C) groups is 1. The predicted molar refractivity (Wildman–Crippen MR) is 355 cm³/mol. The van der Waals surface area contributed by atoms with Crippen LogP contribution in [0.4, 0.5) is 0 Å². The molecule has 546 valence electrons. The fourth-order valence-corrected chi connectivity index (χ4v) is 9.69. The third-order valence-corrected chi connectivity index (χ3v) is 15.5. The van der Waals surface area contributed by atoms with Gasteiger partial charge in [-0.2, -0.15) is 11.8 Å². The number of carboxylic acid groups (broad SMARTS) is 2. The van der Waals surface area contributed by atoms with Crippen LogP contribution in [0.25, 0.3) is 0 Å². The molecule has 0 saturated carbocycles. The summed E-state index contributed by atoms with van der Waals surface area (Å²) in [7, 11) is 0. The summed E-state index contributed by atoms with van der Waals surface area (Å²) in [4.78, 5) is 186. The van der Waals surface area contributed by atoms with Crippen LogP contribution in [-0.4, -0.2) is 239 Å². The molecule has 38 heteroatoms. The van der Waals surface area contributed by atoms with Crippen molar-refractivity contribution < 1.29 is 98.1 Å². The highest BCUT2D eigenvalue weighted by atomic mass is 32.2. The van der Waals surface area contributed by atoms with Gasteiger partial charge in [0.25, 0.3) is 0 Å². The number of phenolic OH excluding ortho intramolecular Hbond substituents is 2. The fourth-order valence-electron chi connectivity index (χ4n) is 9.22. The molecule has 13 unspecified atom stereocenters. The molecule has 0 saturated heterocycles. The molecule has 0 aliphatic carbocycles. The van der Waals surface area contributed by atoms with Gasteiger partial charge in [-0.3, -0.25) is 62.5 Å². The van der Waals surface area contributed by atoms with E-state index in [1.54, 1.807) is 18.4 Å². The van der Waals surface area contributed by atoms with Crippen molar-refractivity contribution in [2.45, 2.75) is 165 Å². The fraction of sp³-hybridized carbons (Fsp3) is 0.525. The van der Waals surface area contributed by atoms with Gasteiger partial charge in [-0.05, 0) is 106 Å². The van der Waals surface area contributed by atoms with Crippen molar-refractivity contribution in [2.24, 2.45) is 28.1 Å². The number of H-pyrrole nitrogens is 1. The zero-order valence-corrected chi connectivity index (χ0v) is 56.1. The Morgan fingerprint density at radius 3 is 1.43 bits per heavy atom. The van der Waals surface area contributed by atoms with Gasteiger partial charge in [-0.15, -0.1) is 0 Å². The second-order valence-electron chi connectivity index (χ2n) is 23.3. The SMILES string of the molecule is CSCCC(NC(=O)C(C)NC(=O)C(CCCN=C(N)N)NC(=O)C(CCC(=O)O)NC(=O)C(CO)NC(=O)C(Cc1ccc(O)cc1)NC(=O)C(NC(=O)C(CO)NC(=O)C(C)NC(=O)C(NC(=O)C(Cc1cnc[nH]1)NC(=O)C(N)Cc1ccc(O)cc1)C(C)O)C(C)C)C(=O)O. The van der Waals surface area contributed by atoms with E-state index < -0.39 is 194 Å². The molecular formula is C61H91N17O20S. The number of phenols is 2. The molecule has 99 heavy (non-hydrogen) atoms. The second kappa shape index (κ2) is 41.8. The lowest BCUT2D eigenvalue weighted by atomic mass is 10.00.